The SMILES string of the molecule is COCCN1C(=O)/C(=C/c2cc(C)n(-c3ccc(N4CCOCC4)cc3)c2C)SC1=S. The Bertz CT molecular complexity index is 1010. The number of carbonyl (C=O) groups is 1. The van der Waals surface area contributed by atoms with Crippen LogP contribution in [-0.2, 0) is 14.3 Å². The lowest BCUT2D eigenvalue weighted by molar-refractivity contribution is -0.122. The van der Waals surface area contributed by atoms with E-state index in [4.69, 9.17) is 21.7 Å². The molecule has 0 saturated carbocycles. The Hall–Kier alpha value is -2.13. The molecule has 1 amide bonds. The smallest absolute Gasteiger partial charge is 0.266 e. The number of nitrogens with zero attached hydrogens (tertiary/aromatic N) is 3. The zero-order valence-electron chi connectivity index (χ0n) is 18.1. The van der Waals surface area contributed by atoms with Gasteiger partial charge in [0.15, 0.2) is 0 Å². The molecular formula is C23H27N3O3S2. The van der Waals surface area contributed by atoms with Gasteiger partial charge in [0.25, 0.3) is 5.91 Å². The summed E-state index contributed by atoms with van der Waals surface area (Å²) in [5.74, 6) is -0.0493. The third kappa shape index (κ3) is 4.57. The van der Waals surface area contributed by atoms with E-state index in [1.54, 1.807) is 12.0 Å². The molecule has 0 bridgehead atoms. The minimum Gasteiger partial charge on any atom is -0.383 e. The number of benzene rings is 1. The molecule has 2 aliphatic rings. The topological polar surface area (TPSA) is 46.9 Å². The Morgan fingerprint density at radius 1 is 1.16 bits per heavy atom. The Balaban J connectivity index is 1.57. The molecule has 0 spiro atoms. The maximum atomic E-state index is 12.8. The minimum atomic E-state index is -0.0493. The van der Waals surface area contributed by atoms with Crippen LogP contribution in [-0.4, -0.2) is 66.3 Å². The number of morpholine rings is 1. The second-order valence-electron chi connectivity index (χ2n) is 7.60. The number of thiocarbonyl (C=S) groups is 1. The van der Waals surface area contributed by atoms with E-state index in [9.17, 15) is 4.79 Å². The number of thioether (sulfide) groups is 1. The fourth-order valence-electron chi connectivity index (χ4n) is 3.98. The lowest BCUT2D eigenvalue weighted by Crippen LogP contribution is -2.36. The molecule has 31 heavy (non-hydrogen) atoms. The molecule has 2 aliphatic heterocycles. The van der Waals surface area contributed by atoms with Crippen molar-refractivity contribution in [3.05, 3.63) is 52.2 Å². The van der Waals surface area contributed by atoms with Crippen LogP contribution in [0.2, 0.25) is 0 Å². The van der Waals surface area contributed by atoms with Crippen LogP contribution in [0.25, 0.3) is 11.8 Å². The maximum Gasteiger partial charge on any atom is 0.266 e. The van der Waals surface area contributed by atoms with Gasteiger partial charge in [0.05, 0.1) is 31.3 Å². The van der Waals surface area contributed by atoms with E-state index in [-0.39, 0.29) is 5.91 Å². The van der Waals surface area contributed by atoms with Crippen molar-refractivity contribution in [2.75, 3.05) is 51.5 Å². The molecule has 6 nitrogen and oxygen atoms in total. The van der Waals surface area contributed by atoms with Crippen molar-refractivity contribution in [1.29, 1.82) is 0 Å². The lowest BCUT2D eigenvalue weighted by atomic mass is 10.2. The summed E-state index contributed by atoms with van der Waals surface area (Å²) in [6.07, 6.45) is 1.95. The van der Waals surface area contributed by atoms with Gasteiger partial charge in [0.2, 0.25) is 0 Å². The van der Waals surface area contributed by atoms with Crippen molar-refractivity contribution in [2.24, 2.45) is 0 Å². The average Bonchev–Trinajstić information content (AvgIpc) is 3.21. The molecule has 164 valence electrons. The summed E-state index contributed by atoms with van der Waals surface area (Å²) < 4.78 is 13.3. The largest absolute Gasteiger partial charge is 0.383 e. The van der Waals surface area contributed by atoms with E-state index in [2.05, 4.69) is 53.6 Å². The third-order valence-corrected chi connectivity index (χ3v) is 7.01. The predicted molar refractivity (Wildman–Crippen MR) is 130 cm³/mol. The van der Waals surface area contributed by atoms with Crippen molar-refractivity contribution >= 4 is 46.0 Å². The summed E-state index contributed by atoms with van der Waals surface area (Å²) >= 11 is 6.74. The number of hydrogen-bond donors (Lipinski definition) is 0. The Morgan fingerprint density at radius 3 is 2.52 bits per heavy atom. The highest BCUT2D eigenvalue weighted by atomic mass is 32.2. The molecule has 4 rings (SSSR count). The van der Waals surface area contributed by atoms with Crippen molar-refractivity contribution in [3.8, 4) is 5.69 Å². The predicted octanol–water partition coefficient (Wildman–Crippen LogP) is 3.78. The van der Waals surface area contributed by atoms with Crippen LogP contribution in [0.15, 0.2) is 35.2 Å². The van der Waals surface area contributed by atoms with Crippen LogP contribution < -0.4 is 4.90 Å². The van der Waals surface area contributed by atoms with Crippen LogP contribution in [0.3, 0.4) is 0 Å². The first-order valence-electron chi connectivity index (χ1n) is 10.4. The summed E-state index contributed by atoms with van der Waals surface area (Å²) in [6, 6.07) is 10.8. The number of ether oxygens (including phenoxy) is 2. The maximum absolute atomic E-state index is 12.8. The summed E-state index contributed by atoms with van der Waals surface area (Å²) in [6.45, 7) is 8.52. The highest BCUT2D eigenvalue weighted by molar-refractivity contribution is 8.26. The van der Waals surface area contributed by atoms with Crippen LogP contribution in [0, 0.1) is 13.8 Å². The lowest BCUT2D eigenvalue weighted by Gasteiger charge is -2.29. The molecule has 0 unspecified atom stereocenters. The summed E-state index contributed by atoms with van der Waals surface area (Å²) in [7, 11) is 1.62. The van der Waals surface area contributed by atoms with E-state index < -0.39 is 0 Å². The van der Waals surface area contributed by atoms with Gasteiger partial charge < -0.3 is 18.9 Å². The number of methoxy groups -OCH3 is 1. The normalized spacial score (nSPS) is 18.5. The number of anilines is 1. The minimum absolute atomic E-state index is 0.0493. The van der Waals surface area contributed by atoms with Crippen molar-refractivity contribution < 1.29 is 14.3 Å². The highest BCUT2D eigenvalue weighted by Gasteiger charge is 2.31. The van der Waals surface area contributed by atoms with Gasteiger partial charge in [-0.15, -0.1) is 0 Å². The molecule has 0 aliphatic carbocycles. The van der Waals surface area contributed by atoms with Gasteiger partial charge in [-0.3, -0.25) is 9.69 Å². The summed E-state index contributed by atoms with van der Waals surface area (Å²) in [4.78, 5) is 17.4. The molecule has 8 heteroatoms. The molecule has 0 radical (unpaired) electrons. The number of hydrogen-bond acceptors (Lipinski definition) is 6. The first-order valence-corrected chi connectivity index (χ1v) is 11.6. The zero-order chi connectivity index (χ0) is 22.0. The van der Waals surface area contributed by atoms with Gasteiger partial charge in [-0.2, -0.15) is 0 Å². The standard InChI is InChI=1S/C23H27N3O3S2/c1-16-14-18(15-21-22(27)25(10-11-28-3)23(30)31-21)17(2)26(16)20-6-4-19(5-7-20)24-8-12-29-13-9-24/h4-7,14-15H,8-13H2,1-3H3/b21-15-. The van der Waals surface area contributed by atoms with Crippen molar-refractivity contribution in [2.45, 2.75) is 13.8 Å². The highest BCUT2D eigenvalue weighted by Crippen LogP contribution is 2.34. The molecule has 2 fully saturated rings. The van der Waals surface area contributed by atoms with Crippen LogP contribution >= 0.6 is 24.0 Å². The number of rotatable bonds is 6. The van der Waals surface area contributed by atoms with E-state index in [1.807, 2.05) is 6.08 Å². The average molecular weight is 458 g/mol. The number of aromatic nitrogens is 1. The van der Waals surface area contributed by atoms with Crippen LogP contribution in [0.4, 0.5) is 5.69 Å². The number of amides is 1. The van der Waals surface area contributed by atoms with Crippen molar-refractivity contribution in [3.63, 3.8) is 0 Å². The third-order valence-electron chi connectivity index (χ3n) is 5.63. The molecule has 0 N–H and O–H groups in total. The monoisotopic (exact) mass is 457 g/mol. The Morgan fingerprint density at radius 2 is 1.84 bits per heavy atom. The van der Waals surface area contributed by atoms with Gasteiger partial charge in [-0.1, -0.05) is 24.0 Å². The Labute approximate surface area is 192 Å². The Kier molecular flexibility index (Phi) is 6.81. The van der Waals surface area contributed by atoms with Gasteiger partial charge >= 0.3 is 0 Å². The molecule has 2 saturated heterocycles. The van der Waals surface area contributed by atoms with E-state index in [1.165, 1.54) is 17.4 Å². The fourth-order valence-corrected chi connectivity index (χ4v) is 5.28. The quantitative estimate of drug-likeness (QED) is 0.486. The van der Waals surface area contributed by atoms with Gasteiger partial charge in [-0.05, 0) is 55.8 Å². The van der Waals surface area contributed by atoms with E-state index >= 15 is 0 Å². The van der Waals surface area contributed by atoms with Crippen LogP contribution in [0.1, 0.15) is 17.0 Å². The molecular weight excluding hydrogens is 430 g/mol. The summed E-state index contributed by atoms with van der Waals surface area (Å²) in [5, 5.41) is 0. The van der Waals surface area contributed by atoms with Gasteiger partial charge in [0.1, 0.15) is 4.32 Å². The molecule has 1 aromatic heterocycles. The molecule has 1 aromatic carbocycles. The van der Waals surface area contributed by atoms with E-state index in [0.29, 0.717) is 22.4 Å². The fraction of sp³-hybridized carbons (Fsp3) is 0.391. The number of aryl methyl sites for hydroxylation is 1. The molecule has 3 heterocycles. The first-order chi connectivity index (χ1) is 15.0. The van der Waals surface area contributed by atoms with Crippen LogP contribution in [0.5, 0.6) is 0 Å². The first kappa shape index (κ1) is 22.1. The molecule has 2 aromatic rings. The van der Waals surface area contributed by atoms with E-state index in [0.717, 1.165) is 48.9 Å². The molecule has 0 atom stereocenters. The van der Waals surface area contributed by atoms with Crippen molar-refractivity contribution in [1.82, 2.24) is 9.47 Å². The van der Waals surface area contributed by atoms with Gasteiger partial charge in [0, 0.05) is 43.0 Å². The zero-order valence-corrected chi connectivity index (χ0v) is 19.7. The second-order valence-corrected chi connectivity index (χ2v) is 9.28. The number of carbonyl (C=O) groups excluding carboxylic acids is 1. The second kappa shape index (κ2) is 9.56. The summed E-state index contributed by atoms with van der Waals surface area (Å²) in [5.41, 5.74) is 5.58. The van der Waals surface area contributed by atoms with Gasteiger partial charge in [-0.25, -0.2) is 0 Å².